The molecule has 0 bridgehead atoms. The van der Waals surface area contributed by atoms with E-state index < -0.39 is 0 Å². The van der Waals surface area contributed by atoms with Crippen molar-refractivity contribution in [3.8, 4) is 11.5 Å². The fourth-order valence-electron chi connectivity index (χ4n) is 1.93. The molecule has 0 amide bonds. The summed E-state index contributed by atoms with van der Waals surface area (Å²) in [6.07, 6.45) is 1.30. The third kappa shape index (κ3) is 4.24. The molecule has 1 aliphatic rings. The lowest BCUT2D eigenvalue weighted by Crippen LogP contribution is -2.29. The second-order valence-corrected chi connectivity index (χ2v) is 5.05. The highest BCUT2D eigenvalue weighted by molar-refractivity contribution is 5.80. The number of ketones is 1. The topological polar surface area (TPSA) is 47.6 Å². The number of hydrogen-bond donors (Lipinski definition) is 1. The van der Waals surface area contributed by atoms with Gasteiger partial charge in [0.2, 0.25) is 0 Å². The second kappa shape index (κ2) is 6.57. The van der Waals surface area contributed by atoms with Gasteiger partial charge < -0.3 is 14.8 Å². The summed E-state index contributed by atoms with van der Waals surface area (Å²) in [6, 6.07) is 6.23. The van der Waals surface area contributed by atoms with Gasteiger partial charge in [-0.1, -0.05) is 19.9 Å². The van der Waals surface area contributed by atoms with Crippen molar-refractivity contribution in [2.45, 2.75) is 32.7 Å². The van der Waals surface area contributed by atoms with Gasteiger partial charge in [0.25, 0.3) is 0 Å². The standard InChI is InChI=1S/C15H21NO3/c1-11(2)16-10-13(17)5-3-12-4-6-14-15(9-12)19-8-7-18-14/h4,6,9,11,16H,3,5,7-8,10H2,1-2H3. The van der Waals surface area contributed by atoms with Crippen molar-refractivity contribution >= 4 is 5.78 Å². The highest BCUT2D eigenvalue weighted by Gasteiger charge is 2.12. The molecule has 4 heteroatoms. The Bertz CT molecular complexity index is 443. The second-order valence-electron chi connectivity index (χ2n) is 5.05. The van der Waals surface area contributed by atoms with Crippen LogP contribution in [-0.2, 0) is 11.2 Å². The molecule has 1 aromatic rings. The third-order valence-electron chi connectivity index (χ3n) is 3.01. The summed E-state index contributed by atoms with van der Waals surface area (Å²) in [5, 5.41) is 3.14. The van der Waals surface area contributed by atoms with Gasteiger partial charge in [-0.15, -0.1) is 0 Å². The van der Waals surface area contributed by atoms with Crippen LogP contribution < -0.4 is 14.8 Å². The zero-order chi connectivity index (χ0) is 13.7. The fourth-order valence-corrected chi connectivity index (χ4v) is 1.93. The molecule has 104 valence electrons. The highest BCUT2D eigenvalue weighted by atomic mass is 16.6. The summed E-state index contributed by atoms with van der Waals surface area (Å²) in [5.74, 6) is 1.82. The number of nitrogens with one attached hydrogen (secondary N) is 1. The van der Waals surface area contributed by atoms with Gasteiger partial charge in [0.15, 0.2) is 11.5 Å². The lowest BCUT2D eigenvalue weighted by atomic mass is 10.1. The Hall–Kier alpha value is -1.55. The van der Waals surface area contributed by atoms with E-state index in [1.165, 1.54) is 0 Å². The first-order valence-electron chi connectivity index (χ1n) is 6.79. The maximum atomic E-state index is 11.7. The molecule has 1 heterocycles. The molecule has 4 nitrogen and oxygen atoms in total. The molecule has 0 fully saturated rings. The van der Waals surface area contributed by atoms with Crippen LogP contribution in [0, 0.1) is 0 Å². The Morgan fingerprint density at radius 1 is 1.26 bits per heavy atom. The van der Waals surface area contributed by atoms with E-state index in [0.717, 1.165) is 23.5 Å². The monoisotopic (exact) mass is 263 g/mol. The summed E-state index contributed by atoms with van der Waals surface area (Å²) in [7, 11) is 0. The van der Waals surface area contributed by atoms with Crippen LogP contribution in [-0.4, -0.2) is 31.6 Å². The van der Waals surface area contributed by atoms with Crippen molar-refractivity contribution in [2.24, 2.45) is 0 Å². The number of benzene rings is 1. The number of hydrogen-bond acceptors (Lipinski definition) is 4. The summed E-state index contributed by atoms with van der Waals surface area (Å²) >= 11 is 0. The molecule has 0 atom stereocenters. The van der Waals surface area contributed by atoms with Gasteiger partial charge in [0.05, 0.1) is 6.54 Å². The average Bonchev–Trinajstić information content (AvgIpc) is 2.42. The summed E-state index contributed by atoms with van der Waals surface area (Å²) in [4.78, 5) is 11.7. The Morgan fingerprint density at radius 3 is 2.74 bits per heavy atom. The first kappa shape index (κ1) is 13.9. The highest BCUT2D eigenvalue weighted by Crippen LogP contribution is 2.30. The zero-order valence-corrected chi connectivity index (χ0v) is 11.6. The number of carbonyl (C=O) groups is 1. The van der Waals surface area contributed by atoms with E-state index in [0.29, 0.717) is 32.2 Å². The quantitative estimate of drug-likeness (QED) is 0.852. The first-order chi connectivity index (χ1) is 9.15. The number of rotatable bonds is 6. The predicted molar refractivity (Wildman–Crippen MR) is 73.9 cm³/mol. The number of aryl methyl sites for hydroxylation is 1. The maximum Gasteiger partial charge on any atom is 0.161 e. The fraction of sp³-hybridized carbons (Fsp3) is 0.533. The molecule has 0 unspecified atom stereocenters. The van der Waals surface area contributed by atoms with Crippen molar-refractivity contribution in [2.75, 3.05) is 19.8 Å². The zero-order valence-electron chi connectivity index (χ0n) is 11.6. The van der Waals surface area contributed by atoms with Crippen LogP contribution in [0.4, 0.5) is 0 Å². The van der Waals surface area contributed by atoms with Gasteiger partial charge in [-0.25, -0.2) is 0 Å². The number of Topliss-reactive ketones (excluding diaryl/α,β-unsaturated/α-hetero) is 1. The Labute approximate surface area is 114 Å². The Morgan fingerprint density at radius 2 is 2.00 bits per heavy atom. The molecular formula is C15H21NO3. The lowest BCUT2D eigenvalue weighted by Gasteiger charge is -2.18. The summed E-state index contributed by atoms with van der Waals surface area (Å²) in [6.45, 7) is 5.71. The number of fused-ring (bicyclic) bond motifs is 1. The maximum absolute atomic E-state index is 11.7. The van der Waals surface area contributed by atoms with E-state index in [-0.39, 0.29) is 5.78 Å². The molecule has 0 aromatic heterocycles. The van der Waals surface area contributed by atoms with E-state index in [2.05, 4.69) is 5.32 Å². The van der Waals surface area contributed by atoms with Crippen molar-refractivity contribution in [1.29, 1.82) is 0 Å². The molecule has 1 aliphatic heterocycles. The molecule has 0 saturated heterocycles. The van der Waals surface area contributed by atoms with Crippen LogP contribution in [0.2, 0.25) is 0 Å². The molecule has 0 radical (unpaired) electrons. The summed E-state index contributed by atoms with van der Waals surface area (Å²) in [5.41, 5.74) is 1.11. The van der Waals surface area contributed by atoms with Crippen molar-refractivity contribution in [3.63, 3.8) is 0 Å². The minimum Gasteiger partial charge on any atom is -0.486 e. The van der Waals surface area contributed by atoms with Crippen LogP contribution in [0.25, 0.3) is 0 Å². The van der Waals surface area contributed by atoms with E-state index >= 15 is 0 Å². The molecular weight excluding hydrogens is 242 g/mol. The number of ether oxygens (including phenoxy) is 2. The lowest BCUT2D eigenvalue weighted by molar-refractivity contribution is -0.118. The van der Waals surface area contributed by atoms with Crippen LogP contribution >= 0.6 is 0 Å². The molecule has 0 spiro atoms. The third-order valence-corrected chi connectivity index (χ3v) is 3.01. The van der Waals surface area contributed by atoms with Crippen LogP contribution in [0.3, 0.4) is 0 Å². The van der Waals surface area contributed by atoms with Crippen LogP contribution in [0.1, 0.15) is 25.8 Å². The first-order valence-corrected chi connectivity index (χ1v) is 6.79. The average molecular weight is 263 g/mol. The molecule has 0 aliphatic carbocycles. The Kier molecular flexibility index (Phi) is 4.80. The van der Waals surface area contributed by atoms with Gasteiger partial charge in [-0.05, 0) is 24.1 Å². The largest absolute Gasteiger partial charge is 0.486 e. The van der Waals surface area contributed by atoms with E-state index in [4.69, 9.17) is 9.47 Å². The molecule has 19 heavy (non-hydrogen) atoms. The molecule has 1 aromatic carbocycles. The minimum atomic E-state index is 0.239. The van der Waals surface area contributed by atoms with Crippen LogP contribution in [0.5, 0.6) is 11.5 Å². The smallest absolute Gasteiger partial charge is 0.161 e. The van der Waals surface area contributed by atoms with Crippen molar-refractivity contribution in [3.05, 3.63) is 23.8 Å². The molecule has 0 saturated carbocycles. The number of carbonyl (C=O) groups excluding carboxylic acids is 1. The van der Waals surface area contributed by atoms with E-state index in [1.54, 1.807) is 0 Å². The van der Waals surface area contributed by atoms with Crippen LogP contribution in [0.15, 0.2) is 18.2 Å². The van der Waals surface area contributed by atoms with Gasteiger partial charge in [-0.2, -0.15) is 0 Å². The van der Waals surface area contributed by atoms with Gasteiger partial charge >= 0.3 is 0 Å². The van der Waals surface area contributed by atoms with Gasteiger partial charge in [0, 0.05) is 12.5 Å². The van der Waals surface area contributed by atoms with E-state index in [9.17, 15) is 4.79 Å². The minimum absolute atomic E-state index is 0.239. The molecule has 1 N–H and O–H groups in total. The summed E-state index contributed by atoms with van der Waals surface area (Å²) < 4.78 is 11.0. The molecule has 2 rings (SSSR count). The SMILES string of the molecule is CC(C)NCC(=O)CCc1ccc2c(c1)OCCO2. The normalized spacial score (nSPS) is 13.6. The predicted octanol–water partition coefficient (Wildman–Crippen LogP) is 1.96. The van der Waals surface area contributed by atoms with Crippen molar-refractivity contribution < 1.29 is 14.3 Å². The van der Waals surface area contributed by atoms with Gasteiger partial charge in [0.1, 0.15) is 19.0 Å². The van der Waals surface area contributed by atoms with E-state index in [1.807, 2.05) is 32.0 Å². The van der Waals surface area contributed by atoms with Gasteiger partial charge in [-0.3, -0.25) is 4.79 Å². The Balaban J connectivity index is 1.84. The van der Waals surface area contributed by atoms with Crippen molar-refractivity contribution in [1.82, 2.24) is 5.32 Å².